The van der Waals surface area contributed by atoms with Gasteiger partial charge in [0, 0.05) is 24.0 Å². The van der Waals surface area contributed by atoms with Crippen LogP contribution in [0.1, 0.15) is 30.5 Å². The molecule has 3 aromatic rings. The first-order valence-electron chi connectivity index (χ1n) is 14.8. The van der Waals surface area contributed by atoms with Gasteiger partial charge in [-0.05, 0) is 55.3 Å². The van der Waals surface area contributed by atoms with E-state index >= 15 is 0 Å². The lowest BCUT2D eigenvalue weighted by Gasteiger charge is -2.54. The standard InChI is InChI=1S/C32H31Cl2F3N4O6S/c1-19(2)39-17-28-40(48(45,46)27-13-12-23(33)15-24(27)34)16-25(38-31(44)47-18-21-6-4-3-5-7-21)29(42)41(28)26(30(39)43)14-20-8-10-22(11-9-20)32(35,36)37/h3-13,15,19,25-26,28H,14,16-18H2,1-2H3,(H,38,44). The van der Waals surface area contributed by atoms with Gasteiger partial charge in [-0.3, -0.25) is 9.59 Å². The Hall–Kier alpha value is -3.85. The van der Waals surface area contributed by atoms with Crippen molar-refractivity contribution in [3.05, 3.63) is 99.5 Å². The van der Waals surface area contributed by atoms with Crippen LogP contribution in [0.15, 0.2) is 77.7 Å². The summed E-state index contributed by atoms with van der Waals surface area (Å²) in [4.78, 5) is 43.2. The molecule has 2 fully saturated rings. The highest BCUT2D eigenvalue weighted by Crippen LogP contribution is 2.36. The fourth-order valence-corrected chi connectivity index (χ4v) is 8.08. The number of benzene rings is 3. The van der Waals surface area contributed by atoms with Crippen LogP contribution in [0, 0.1) is 0 Å². The number of carbonyl (C=O) groups is 3. The summed E-state index contributed by atoms with van der Waals surface area (Å²) in [5.74, 6) is -1.30. The van der Waals surface area contributed by atoms with Crippen LogP contribution in [0.4, 0.5) is 18.0 Å². The van der Waals surface area contributed by atoms with Gasteiger partial charge in [0.25, 0.3) is 0 Å². The number of alkyl carbamates (subject to hydrolysis) is 1. The number of alkyl halides is 3. The molecule has 3 unspecified atom stereocenters. The normalized spacial score (nSPS) is 20.5. The van der Waals surface area contributed by atoms with Gasteiger partial charge in [0.2, 0.25) is 21.8 Å². The molecule has 0 bridgehead atoms. The van der Waals surface area contributed by atoms with Crippen molar-refractivity contribution >= 4 is 51.1 Å². The van der Waals surface area contributed by atoms with Crippen LogP contribution in [0.2, 0.25) is 10.0 Å². The molecule has 5 rings (SSSR count). The van der Waals surface area contributed by atoms with E-state index in [0.29, 0.717) is 11.1 Å². The number of hydrogen-bond donors (Lipinski definition) is 1. The Kier molecular flexibility index (Phi) is 10.3. The number of piperazine rings is 1. The Morgan fingerprint density at radius 1 is 0.958 bits per heavy atom. The molecule has 2 saturated heterocycles. The Labute approximate surface area is 285 Å². The Morgan fingerprint density at radius 3 is 2.23 bits per heavy atom. The van der Waals surface area contributed by atoms with Crippen molar-refractivity contribution in [3.8, 4) is 0 Å². The molecular formula is C32H31Cl2F3N4O6S. The molecule has 3 amide bonds. The highest BCUT2D eigenvalue weighted by atomic mass is 35.5. The van der Waals surface area contributed by atoms with Crippen LogP contribution < -0.4 is 5.32 Å². The third-order valence-electron chi connectivity index (χ3n) is 8.15. The van der Waals surface area contributed by atoms with Crippen molar-refractivity contribution < 1.29 is 40.7 Å². The van der Waals surface area contributed by atoms with Crippen LogP contribution >= 0.6 is 23.2 Å². The number of nitrogens with zero attached hydrogens (tertiary/aromatic N) is 3. The van der Waals surface area contributed by atoms with E-state index in [4.69, 9.17) is 27.9 Å². The molecular weight excluding hydrogens is 696 g/mol. The van der Waals surface area contributed by atoms with Crippen molar-refractivity contribution in [3.63, 3.8) is 0 Å². The van der Waals surface area contributed by atoms with Crippen LogP contribution in [0.3, 0.4) is 0 Å². The van der Waals surface area contributed by atoms with Gasteiger partial charge in [-0.25, -0.2) is 13.2 Å². The summed E-state index contributed by atoms with van der Waals surface area (Å²) in [6, 6.07) is 13.4. The van der Waals surface area contributed by atoms with Crippen molar-refractivity contribution in [1.82, 2.24) is 19.4 Å². The number of amides is 3. The second kappa shape index (κ2) is 13.9. The largest absolute Gasteiger partial charge is 0.445 e. The second-order valence-electron chi connectivity index (χ2n) is 11.6. The van der Waals surface area contributed by atoms with Crippen molar-refractivity contribution in [2.45, 2.75) is 62.2 Å². The third kappa shape index (κ3) is 7.41. The minimum Gasteiger partial charge on any atom is -0.445 e. The summed E-state index contributed by atoms with van der Waals surface area (Å²) in [5, 5.41) is 2.44. The van der Waals surface area contributed by atoms with E-state index < -0.39 is 70.5 Å². The Balaban J connectivity index is 1.54. The average molecular weight is 728 g/mol. The number of carbonyl (C=O) groups excluding carboxylic acids is 3. The van der Waals surface area contributed by atoms with Gasteiger partial charge in [-0.15, -0.1) is 0 Å². The maximum absolute atomic E-state index is 14.3. The van der Waals surface area contributed by atoms with E-state index in [1.54, 1.807) is 44.2 Å². The topological polar surface area (TPSA) is 116 Å². The minimum atomic E-state index is -4.59. The molecule has 0 radical (unpaired) electrons. The fraction of sp³-hybridized carbons (Fsp3) is 0.344. The van der Waals surface area contributed by atoms with Crippen LogP contribution in [0.5, 0.6) is 0 Å². The van der Waals surface area contributed by atoms with Crippen molar-refractivity contribution in [2.24, 2.45) is 0 Å². The first kappa shape index (κ1) is 35.5. The quantitative estimate of drug-likeness (QED) is 0.336. The molecule has 2 aliphatic rings. The van der Waals surface area contributed by atoms with Gasteiger partial charge in [-0.2, -0.15) is 17.5 Å². The zero-order chi connectivity index (χ0) is 35.0. The molecule has 0 spiro atoms. The smallest absolute Gasteiger partial charge is 0.416 e. The van der Waals surface area contributed by atoms with E-state index in [-0.39, 0.29) is 34.5 Å². The van der Waals surface area contributed by atoms with Gasteiger partial charge in [0.05, 0.1) is 17.1 Å². The molecule has 3 aromatic carbocycles. The summed E-state index contributed by atoms with van der Waals surface area (Å²) in [7, 11) is -4.52. The van der Waals surface area contributed by atoms with E-state index in [0.717, 1.165) is 21.3 Å². The summed E-state index contributed by atoms with van der Waals surface area (Å²) >= 11 is 12.4. The first-order valence-corrected chi connectivity index (χ1v) is 17.0. The zero-order valence-corrected chi connectivity index (χ0v) is 28.0. The Bertz CT molecular complexity index is 1800. The van der Waals surface area contributed by atoms with Gasteiger partial charge in [-0.1, -0.05) is 65.7 Å². The van der Waals surface area contributed by atoms with Crippen LogP contribution in [-0.4, -0.2) is 77.8 Å². The van der Waals surface area contributed by atoms with Gasteiger partial charge < -0.3 is 19.9 Å². The molecule has 1 N–H and O–H groups in total. The summed E-state index contributed by atoms with van der Waals surface area (Å²) in [6.07, 6.45) is -7.09. The molecule has 0 aliphatic carbocycles. The number of halogens is 5. The lowest BCUT2D eigenvalue weighted by atomic mass is 9.96. The highest BCUT2D eigenvalue weighted by Gasteiger charge is 2.54. The predicted molar refractivity (Wildman–Crippen MR) is 170 cm³/mol. The van der Waals surface area contributed by atoms with Gasteiger partial charge >= 0.3 is 12.3 Å². The van der Waals surface area contributed by atoms with E-state index in [2.05, 4.69) is 5.32 Å². The summed E-state index contributed by atoms with van der Waals surface area (Å²) in [5.41, 5.74) is 0.0645. The van der Waals surface area contributed by atoms with Crippen molar-refractivity contribution in [2.75, 3.05) is 13.1 Å². The van der Waals surface area contributed by atoms with Crippen LogP contribution in [0.25, 0.3) is 0 Å². The monoisotopic (exact) mass is 726 g/mol. The minimum absolute atomic E-state index is 0.138. The molecule has 0 aromatic heterocycles. The fourth-order valence-electron chi connectivity index (χ4n) is 5.75. The molecule has 2 aliphatic heterocycles. The average Bonchev–Trinajstić information content (AvgIpc) is 3.02. The third-order valence-corrected chi connectivity index (χ3v) is 10.7. The van der Waals surface area contributed by atoms with Gasteiger partial charge in [0.15, 0.2) is 0 Å². The number of hydrogen-bond acceptors (Lipinski definition) is 6. The number of fused-ring (bicyclic) bond motifs is 1. The molecule has 2 heterocycles. The van der Waals surface area contributed by atoms with E-state index in [1.807, 2.05) is 0 Å². The second-order valence-corrected chi connectivity index (χ2v) is 14.3. The predicted octanol–water partition coefficient (Wildman–Crippen LogP) is 5.33. The molecule has 10 nitrogen and oxygen atoms in total. The Morgan fingerprint density at radius 2 is 1.62 bits per heavy atom. The SMILES string of the molecule is CC(C)N1CC2N(C(=O)C(NC(=O)OCc3ccccc3)CN2S(=O)(=O)c2ccc(Cl)cc2Cl)C(Cc2ccc(C(F)(F)F)cc2)C1=O. The first-order chi connectivity index (χ1) is 22.6. The maximum atomic E-state index is 14.3. The van der Waals surface area contributed by atoms with E-state index in [1.165, 1.54) is 35.2 Å². The number of rotatable bonds is 8. The molecule has 256 valence electrons. The summed E-state index contributed by atoms with van der Waals surface area (Å²) in [6.45, 7) is 2.54. The lowest BCUT2D eigenvalue weighted by molar-refractivity contribution is -0.168. The maximum Gasteiger partial charge on any atom is 0.416 e. The molecule has 16 heteroatoms. The van der Waals surface area contributed by atoms with Crippen molar-refractivity contribution in [1.29, 1.82) is 0 Å². The van der Waals surface area contributed by atoms with Crippen LogP contribution in [-0.2, 0) is 43.6 Å². The zero-order valence-electron chi connectivity index (χ0n) is 25.7. The number of ether oxygens (including phenoxy) is 1. The molecule has 3 atom stereocenters. The molecule has 0 saturated carbocycles. The lowest BCUT2D eigenvalue weighted by Crippen LogP contribution is -2.76. The number of nitrogens with one attached hydrogen (secondary N) is 1. The molecule has 48 heavy (non-hydrogen) atoms. The summed E-state index contributed by atoms with van der Waals surface area (Å²) < 4.78 is 74.6. The van der Waals surface area contributed by atoms with E-state index in [9.17, 15) is 36.0 Å². The van der Waals surface area contributed by atoms with Gasteiger partial charge in [0.1, 0.15) is 29.8 Å². The number of sulfonamides is 1. The highest BCUT2D eigenvalue weighted by molar-refractivity contribution is 7.89.